The first-order valence-corrected chi connectivity index (χ1v) is 10.3. The van der Waals surface area contributed by atoms with E-state index in [1.807, 2.05) is 42.3 Å². The number of nitrogens with zero attached hydrogens (tertiary/aromatic N) is 3. The van der Waals surface area contributed by atoms with Gasteiger partial charge in [0.15, 0.2) is 17.8 Å². The summed E-state index contributed by atoms with van der Waals surface area (Å²) >= 11 is 0. The smallest absolute Gasteiger partial charge is 0.204 e. The van der Waals surface area contributed by atoms with Crippen molar-refractivity contribution in [1.82, 2.24) is 14.7 Å². The second kappa shape index (κ2) is 14.2. The Bertz CT molecular complexity index is 592. The second-order valence-corrected chi connectivity index (χ2v) is 7.94. The molecule has 0 heterocycles. The first kappa shape index (κ1) is 25.2. The molecule has 0 bridgehead atoms. The van der Waals surface area contributed by atoms with Gasteiger partial charge in [-0.05, 0) is 73.7 Å². The van der Waals surface area contributed by atoms with E-state index in [1.165, 1.54) is 0 Å². The zero-order valence-electron chi connectivity index (χ0n) is 19.1. The maximum Gasteiger partial charge on any atom is 0.204 e. The van der Waals surface area contributed by atoms with E-state index in [4.69, 9.17) is 14.2 Å². The molecule has 1 aromatic rings. The van der Waals surface area contributed by atoms with Crippen molar-refractivity contribution in [3.8, 4) is 17.2 Å². The Kier molecular flexibility index (Phi) is 12.3. The molecule has 7 nitrogen and oxygen atoms in total. The van der Waals surface area contributed by atoms with Gasteiger partial charge in [-0.1, -0.05) is 0 Å². The summed E-state index contributed by atoms with van der Waals surface area (Å²) in [5.41, 5.74) is 0.484. The Labute approximate surface area is 176 Å². The highest BCUT2D eigenvalue weighted by Gasteiger charge is 2.18. The molecular weight excluding hydrogens is 370 g/mol. The number of carbonyl (C=O) groups excluding carboxylic acids is 1. The van der Waals surface area contributed by atoms with Crippen molar-refractivity contribution in [2.24, 2.45) is 0 Å². The summed E-state index contributed by atoms with van der Waals surface area (Å²) < 4.78 is 18.0. The number of hydrogen-bond acceptors (Lipinski definition) is 7. The van der Waals surface area contributed by atoms with Crippen molar-refractivity contribution >= 4 is 6.29 Å². The van der Waals surface area contributed by atoms with E-state index >= 15 is 0 Å². The molecule has 0 aliphatic carbocycles. The molecule has 0 saturated heterocycles. The maximum absolute atomic E-state index is 11.6. The maximum atomic E-state index is 11.6. The van der Waals surface area contributed by atoms with Crippen LogP contribution >= 0.6 is 0 Å². The molecular formula is C22H39N3O4. The third-order valence-corrected chi connectivity index (χ3v) is 4.23. The fourth-order valence-electron chi connectivity index (χ4n) is 2.72. The summed E-state index contributed by atoms with van der Waals surface area (Å²) in [6.45, 7) is 4.40. The van der Waals surface area contributed by atoms with Crippen molar-refractivity contribution in [1.29, 1.82) is 0 Å². The summed E-state index contributed by atoms with van der Waals surface area (Å²) in [6, 6.07) is 3.54. The van der Waals surface area contributed by atoms with Crippen LogP contribution < -0.4 is 14.2 Å². The van der Waals surface area contributed by atoms with Gasteiger partial charge in [0.05, 0.1) is 25.4 Å². The minimum atomic E-state index is 0.480. The molecule has 0 spiro atoms. The summed E-state index contributed by atoms with van der Waals surface area (Å²) in [5.74, 6) is 1.64. The normalized spacial score (nSPS) is 11.3. The van der Waals surface area contributed by atoms with E-state index < -0.39 is 0 Å². The van der Waals surface area contributed by atoms with Crippen molar-refractivity contribution in [2.45, 2.75) is 19.3 Å². The van der Waals surface area contributed by atoms with Crippen LogP contribution in [0.4, 0.5) is 0 Å². The summed E-state index contributed by atoms with van der Waals surface area (Å²) in [7, 11) is 12.2. The van der Waals surface area contributed by atoms with Crippen LogP contribution in [0.2, 0.25) is 0 Å². The molecule has 0 atom stereocenters. The van der Waals surface area contributed by atoms with E-state index in [9.17, 15) is 4.79 Å². The zero-order chi connectivity index (χ0) is 21.6. The highest BCUT2D eigenvalue weighted by atomic mass is 16.5. The standard InChI is InChI=1S/C22H39N3O4/c1-23(2)12-7-15-27-20-11-10-19(18-26)21(28-16-8-13-24(3)4)22(20)29-17-9-14-25(5)6/h10-11,18H,7-9,12-17H2,1-6H3. The monoisotopic (exact) mass is 409 g/mol. The van der Waals surface area contributed by atoms with Gasteiger partial charge in [0.1, 0.15) is 0 Å². The molecule has 0 radical (unpaired) electrons. The van der Waals surface area contributed by atoms with Crippen molar-refractivity contribution < 1.29 is 19.0 Å². The van der Waals surface area contributed by atoms with Gasteiger partial charge >= 0.3 is 0 Å². The Morgan fingerprint density at radius 3 is 1.59 bits per heavy atom. The predicted molar refractivity (Wildman–Crippen MR) is 118 cm³/mol. The first-order valence-electron chi connectivity index (χ1n) is 10.3. The van der Waals surface area contributed by atoms with Crippen LogP contribution in [0.15, 0.2) is 12.1 Å². The second-order valence-electron chi connectivity index (χ2n) is 7.94. The van der Waals surface area contributed by atoms with Crippen molar-refractivity contribution in [3.63, 3.8) is 0 Å². The largest absolute Gasteiger partial charge is 0.489 e. The molecule has 29 heavy (non-hydrogen) atoms. The summed E-state index contributed by atoms with van der Waals surface area (Å²) in [4.78, 5) is 17.9. The van der Waals surface area contributed by atoms with Gasteiger partial charge in [-0.25, -0.2) is 0 Å². The molecule has 1 rings (SSSR count). The lowest BCUT2D eigenvalue weighted by atomic mass is 10.2. The first-order chi connectivity index (χ1) is 13.8. The lowest BCUT2D eigenvalue weighted by Crippen LogP contribution is -2.17. The molecule has 0 N–H and O–H groups in total. The Morgan fingerprint density at radius 2 is 1.14 bits per heavy atom. The molecule has 166 valence electrons. The Hall–Kier alpha value is -1.83. The van der Waals surface area contributed by atoms with Crippen molar-refractivity contribution in [2.75, 3.05) is 81.7 Å². The van der Waals surface area contributed by atoms with Gasteiger partial charge in [0, 0.05) is 19.6 Å². The molecule has 0 aliphatic rings. The number of hydrogen-bond donors (Lipinski definition) is 0. The van der Waals surface area contributed by atoms with Crippen LogP contribution in [0.3, 0.4) is 0 Å². The van der Waals surface area contributed by atoms with Crippen LogP contribution in [0.1, 0.15) is 29.6 Å². The quantitative estimate of drug-likeness (QED) is 0.307. The van der Waals surface area contributed by atoms with Crippen molar-refractivity contribution in [3.05, 3.63) is 17.7 Å². The highest BCUT2D eigenvalue weighted by molar-refractivity contribution is 5.82. The average Bonchev–Trinajstić information content (AvgIpc) is 2.66. The van der Waals surface area contributed by atoms with Gasteiger partial charge in [-0.3, -0.25) is 4.79 Å². The van der Waals surface area contributed by atoms with E-state index in [1.54, 1.807) is 12.1 Å². The molecule has 7 heteroatoms. The highest BCUT2D eigenvalue weighted by Crippen LogP contribution is 2.40. The van der Waals surface area contributed by atoms with Gasteiger partial charge in [-0.2, -0.15) is 0 Å². The van der Waals surface area contributed by atoms with Crippen LogP contribution in [-0.4, -0.2) is 103 Å². The van der Waals surface area contributed by atoms with Crippen LogP contribution in [0.5, 0.6) is 17.2 Å². The molecule has 0 unspecified atom stereocenters. The van der Waals surface area contributed by atoms with Crippen LogP contribution in [0.25, 0.3) is 0 Å². The van der Waals surface area contributed by atoms with Crippen LogP contribution in [0, 0.1) is 0 Å². The van der Waals surface area contributed by atoms with E-state index in [2.05, 4.69) is 14.7 Å². The molecule has 1 aromatic carbocycles. The van der Waals surface area contributed by atoms with Gasteiger partial charge < -0.3 is 28.9 Å². The minimum absolute atomic E-state index is 0.480. The lowest BCUT2D eigenvalue weighted by Gasteiger charge is -2.19. The minimum Gasteiger partial charge on any atom is -0.489 e. The number of ether oxygens (including phenoxy) is 3. The van der Waals surface area contributed by atoms with Gasteiger partial charge in [0.2, 0.25) is 5.75 Å². The Morgan fingerprint density at radius 1 is 0.690 bits per heavy atom. The molecule has 0 fully saturated rings. The summed E-state index contributed by atoms with van der Waals surface area (Å²) in [5, 5.41) is 0. The number of carbonyl (C=O) groups is 1. The molecule has 0 aliphatic heterocycles. The SMILES string of the molecule is CN(C)CCCOc1ccc(C=O)c(OCCCN(C)C)c1OCCCN(C)C. The van der Waals surface area contributed by atoms with Gasteiger partial charge in [0.25, 0.3) is 0 Å². The third kappa shape index (κ3) is 10.5. The fraction of sp³-hybridized carbons (Fsp3) is 0.682. The molecule has 0 saturated carbocycles. The van der Waals surface area contributed by atoms with Gasteiger partial charge in [-0.15, -0.1) is 0 Å². The number of benzene rings is 1. The zero-order valence-corrected chi connectivity index (χ0v) is 19.1. The third-order valence-electron chi connectivity index (χ3n) is 4.23. The lowest BCUT2D eigenvalue weighted by molar-refractivity contribution is 0.111. The predicted octanol–water partition coefficient (Wildman–Crippen LogP) is 2.49. The van der Waals surface area contributed by atoms with Crippen LogP contribution in [-0.2, 0) is 0 Å². The van der Waals surface area contributed by atoms with E-state index in [0.717, 1.165) is 45.2 Å². The molecule has 0 aromatic heterocycles. The topological polar surface area (TPSA) is 54.5 Å². The summed E-state index contributed by atoms with van der Waals surface area (Å²) in [6.07, 6.45) is 3.45. The number of rotatable bonds is 16. The average molecular weight is 410 g/mol. The molecule has 0 amide bonds. The number of aldehydes is 1. The fourth-order valence-corrected chi connectivity index (χ4v) is 2.72. The van der Waals surface area contributed by atoms with E-state index in [-0.39, 0.29) is 0 Å². The Balaban J connectivity index is 2.92. The van der Waals surface area contributed by atoms with E-state index in [0.29, 0.717) is 42.6 Å².